The zero-order valence-electron chi connectivity index (χ0n) is 19.7. The van der Waals surface area contributed by atoms with E-state index in [-0.39, 0.29) is 23.6 Å². The third kappa shape index (κ3) is 4.44. The Kier molecular flexibility index (Phi) is 6.56. The summed E-state index contributed by atoms with van der Waals surface area (Å²) in [6.07, 6.45) is 11.4. The van der Waals surface area contributed by atoms with Crippen LogP contribution in [0, 0.1) is 28.6 Å². The van der Waals surface area contributed by atoms with Crippen LogP contribution in [0.3, 0.4) is 0 Å². The molecule has 0 spiro atoms. The minimum Gasteiger partial charge on any atom is -0.469 e. The third-order valence-corrected chi connectivity index (χ3v) is 8.72. The van der Waals surface area contributed by atoms with Crippen LogP contribution in [-0.4, -0.2) is 24.8 Å². The number of carbonyl (C=O) groups is 1. The number of allylic oxidation sites excluding steroid dienone is 2. The molecule has 166 valence electrons. The topological polar surface area (TPSA) is 44.8 Å². The van der Waals surface area contributed by atoms with Gasteiger partial charge in [-0.1, -0.05) is 38.8 Å². The SMILES string of the molecule is COC(=O)[C@@H](C)[C@@H]1CC[C@](C)(CC[C@H]2C(C)=CC[C@@H]3C(C)(C)CCC[C@]32C)OO1. The molecule has 0 aromatic rings. The molecule has 0 bridgehead atoms. The highest BCUT2D eigenvalue weighted by Crippen LogP contribution is 2.60. The number of hydrogen-bond donors (Lipinski definition) is 0. The molecule has 0 radical (unpaired) electrons. The second-order valence-corrected chi connectivity index (χ2v) is 11.2. The van der Waals surface area contributed by atoms with E-state index in [1.54, 1.807) is 5.57 Å². The largest absolute Gasteiger partial charge is 0.469 e. The van der Waals surface area contributed by atoms with E-state index in [2.05, 4.69) is 40.7 Å². The quantitative estimate of drug-likeness (QED) is 0.308. The van der Waals surface area contributed by atoms with E-state index in [0.717, 1.165) is 31.6 Å². The molecule has 3 aliphatic rings. The summed E-state index contributed by atoms with van der Waals surface area (Å²) in [7, 11) is 1.42. The summed E-state index contributed by atoms with van der Waals surface area (Å²) < 4.78 is 4.85. The van der Waals surface area contributed by atoms with Crippen molar-refractivity contribution in [2.75, 3.05) is 7.11 Å². The van der Waals surface area contributed by atoms with Crippen molar-refractivity contribution in [3.8, 4) is 0 Å². The molecule has 1 saturated heterocycles. The molecule has 4 nitrogen and oxygen atoms in total. The zero-order chi connectivity index (χ0) is 21.4. The maximum Gasteiger partial charge on any atom is 0.311 e. The normalized spacial score (nSPS) is 40.5. The number of fused-ring (bicyclic) bond motifs is 1. The summed E-state index contributed by atoms with van der Waals surface area (Å²) in [4.78, 5) is 23.4. The highest BCUT2D eigenvalue weighted by atomic mass is 17.2. The van der Waals surface area contributed by atoms with Gasteiger partial charge in [0.15, 0.2) is 0 Å². The first kappa shape index (κ1) is 22.8. The molecule has 1 aliphatic heterocycles. The summed E-state index contributed by atoms with van der Waals surface area (Å²) in [5.74, 6) is 0.855. The molecule has 1 heterocycles. The van der Waals surface area contributed by atoms with Crippen molar-refractivity contribution in [1.82, 2.24) is 0 Å². The maximum absolute atomic E-state index is 11.8. The van der Waals surface area contributed by atoms with Crippen molar-refractivity contribution in [1.29, 1.82) is 0 Å². The van der Waals surface area contributed by atoms with Crippen molar-refractivity contribution in [3.05, 3.63) is 11.6 Å². The van der Waals surface area contributed by atoms with Crippen LogP contribution in [0.5, 0.6) is 0 Å². The summed E-state index contributed by atoms with van der Waals surface area (Å²) >= 11 is 0. The second-order valence-electron chi connectivity index (χ2n) is 11.2. The van der Waals surface area contributed by atoms with Gasteiger partial charge in [-0.25, -0.2) is 9.78 Å². The van der Waals surface area contributed by atoms with Gasteiger partial charge in [0, 0.05) is 0 Å². The number of ether oxygens (including phenoxy) is 1. The fourth-order valence-corrected chi connectivity index (χ4v) is 6.70. The van der Waals surface area contributed by atoms with E-state index in [1.165, 1.54) is 32.8 Å². The van der Waals surface area contributed by atoms with Crippen LogP contribution in [0.4, 0.5) is 0 Å². The lowest BCUT2D eigenvalue weighted by atomic mass is 9.48. The lowest BCUT2D eigenvalue weighted by Gasteiger charge is -2.57. The average Bonchev–Trinajstić information content (AvgIpc) is 2.66. The lowest BCUT2D eigenvalue weighted by molar-refractivity contribution is -0.411. The first-order chi connectivity index (χ1) is 13.5. The summed E-state index contributed by atoms with van der Waals surface area (Å²) in [5, 5.41) is 0. The molecule has 2 fully saturated rings. The first-order valence-corrected chi connectivity index (χ1v) is 11.6. The molecular weight excluding hydrogens is 364 g/mol. The van der Waals surface area contributed by atoms with Crippen LogP contribution < -0.4 is 0 Å². The van der Waals surface area contributed by atoms with Crippen LogP contribution >= 0.6 is 0 Å². The van der Waals surface area contributed by atoms with Crippen LogP contribution in [0.1, 0.15) is 92.9 Å². The Morgan fingerprint density at radius 3 is 2.59 bits per heavy atom. The number of rotatable bonds is 5. The van der Waals surface area contributed by atoms with E-state index in [4.69, 9.17) is 14.5 Å². The maximum atomic E-state index is 11.8. The monoisotopic (exact) mass is 406 g/mol. The standard InChI is InChI=1S/C25H42O4/c1-17-9-10-21-23(3,4)13-8-14-25(21,6)19(17)11-15-24(5)16-12-20(28-29-24)18(2)22(26)27-7/h9,18-21H,8,10-16H2,1-7H3/t18-,19-,20-,21+,24-,25-/m0/s1. The minimum atomic E-state index is -0.294. The van der Waals surface area contributed by atoms with Crippen molar-refractivity contribution in [2.45, 2.75) is 105 Å². The van der Waals surface area contributed by atoms with Gasteiger partial charge in [-0.2, -0.15) is 0 Å². The van der Waals surface area contributed by atoms with Gasteiger partial charge in [-0.15, -0.1) is 0 Å². The molecule has 0 N–H and O–H groups in total. The van der Waals surface area contributed by atoms with Gasteiger partial charge in [-0.05, 0) is 88.4 Å². The van der Waals surface area contributed by atoms with Gasteiger partial charge in [0.2, 0.25) is 0 Å². The summed E-state index contributed by atoms with van der Waals surface area (Å²) in [6, 6.07) is 0. The van der Waals surface area contributed by atoms with Gasteiger partial charge >= 0.3 is 5.97 Å². The van der Waals surface area contributed by atoms with Crippen molar-refractivity contribution < 1.29 is 19.3 Å². The smallest absolute Gasteiger partial charge is 0.311 e. The highest BCUT2D eigenvalue weighted by molar-refractivity contribution is 5.72. The minimum absolute atomic E-state index is 0.215. The Balaban J connectivity index is 1.64. The number of esters is 1. The van der Waals surface area contributed by atoms with E-state index >= 15 is 0 Å². The van der Waals surface area contributed by atoms with E-state index < -0.39 is 0 Å². The highest BCUT2D eigenvalue weighted by Gasteiger charge is 2.52. The summed E-state index contributed by atoms with van der Waals surface area (Å²) in [6.45, 7) is 13.9. The van der Waals surface area contributed by atoms with Crippen LogP contribution in [-0.2, 0) is 19.3 Å². The van der Waals surface area contributed by atoms with Crippen molar-refractivity contribution >= 4 is 5.97 Å². The molecule has 0 aromatic carbocycles. The number of hydrogen-bond acceptors (Lipinski definition) is 4. The number of methoxy groups -OCH3 is 1. The molecule has 4 heteroatoms. The lowest BCUT2D eigenvalue weighted by Crippen LogP contribution is -2.49. The molecule has 0 unspecified atom stereocenters. The molecule has 3 rings (SSSR count). The molecular formula is C25H42O4. The predicted octanol–water partition coefficient (Wildman–Crippen LogP) is 6.24. The van der Waals surface area contributed by atoms with Gasteiger partial charge in [0.1, 0.15) is 11.7 Å². The second kappa shape index (κ2) is 8.34. The van der Waals surface area contributed by atoms with Crippen LogP contribution in [0.15, 0.2) is 11.6 Å². The fraction of sp³-hybridized carbons (Fsp3) is 0.880. The average molecular weight is 407 g/mol. The molecule has 6 atom stereocenters. The van der Waals surface area contributed by atoms with Gasteiger partial charge < -0.3 is 4.74 Å². The number of carbonyl (C=O) groups excluding carboxylic acids is 1. The first-order valence-electron chi connectivity index (χ1n) is 11.6. The molecule has 2 aliphatic carbocycles. The Labute approximate surface area is 177 Å². The van der Waals surface area contributed by atoms with Gasteiger partial charge in [0.05, 0.1) is 13.0 Å². The Morgan fingerprint density at radius 1 is 1.24 bits per heavy atom. The van der Waals surface area contributed by atoms with Crippen molar-refractivity contribution in [3.63, 3.8) is 0 Å². The Hall–Kier alpha value is -0.870. The molecule has 0 aromatic heterocycles. The van der Waals surface area contributed by atoms with E-state index in [1.807, 2.05) is 6.92 Å². The van der Waals surface area contributed by atoms with Crippen LogP contribution in [0.2, 0.25) is 0 Å². The Morgan fingerprint density at radius 2 is 1.97 bits per heavy atom. The van der Waals surface area contributed by atoms with Gasteiger partial charge in [-0.3, -0.25) is 4.79 Å². The Bertz CT molecular complexity index is 629. The van der Waals surface area contributed by atoms with Crippen LogP contribution in [0.25, 0.3) is 0 Å². The van der Waals surface area contributed by atoms with E-state index in [9.17, 15) is 4.79 Å². The molecule has 1 saturated carbocycles. The molecule has 0 amide bonds. The van der Waals surface area contributed by atoms with Crippen molar-refractivity contribution in [2.24, 2.45) is 28.6 Å². The third-order valence-electron chi connectivity index (χ3n) is 8.72. The van der Waals surface area contributed by atoms with Gasteiger partial charge in [0.25, 0.3) is 0 Å². The fourth-order valence-electron chi connectivity index (χ4n) is 6.70. The summed E-state index contributed by atoms with van der Waals surface area (Å²) in [5.41, 5.74) is 2.10. The van der Waals surface area contributed by atoms with E-state index in [0.29, 0.717) is 16.7 Å². The predicted molar refractivity (Wildman–Crippen MR) is 115 cm³/mol. The molecule has 29 heavy (non-hydrogen) atoms. The zero-order valence-corrected chi connectivity index (χ0v) is 19.7.